The maximum atomic E-state index is 5.79. The van der Waals surface area contributed by atoms with Gasteiger partial charge in [0.2, 0.25) is 0 Å². The van der Waals surface area contributed by atoms with Crippen LogP contribution in [0.4, 0.5) is 0 Å². The smallest absolute Gasteiger partial charge is 0.120 e. The minimum atomic E-state index is 0.182. The van der Waals surface area contributed by atoms with Crippen LogP contribution in [-0.2, 0) is 0 Å². The third kappa shape index (κ3) is 3.04. The van der Waals surface area contributed by atoms with Crippen LogP contribution < -0.4 is 10.1 Å². The number of hydrogen-bond donors (Lipinski definition) is 1. The van der Waals surface area contributed by atoms with Crippen LogP contribution in [0.25, 0.3) is 0 Å². The van der Waals surface area contributed by atoms with Crippen LogP contribution in [0.1, 0.15) is 19.4 Å². The summed E-state index contributed by atoms with van der Waals surface area (Å²) in [6.07, 6.45) is 0.182. The first-order valence-electron chi connectivity index (χ1n) is 5.04. The van der Waals surface area contributed by atoms with Crippen LogP contribution >= 0.6 is 0 Å². The van der Waals surface area contributed by atoms with Crippen molar-refractivity contribution in [3.63, 3.8) is 0 Å². The minimum Gasteiger partial charge on any atom is -0.489 e. The molecule has 0 aliphatic rings. The largest absolute Gasteiger partial charge is 0.489 e. The number of hydrogen-bond acceptors (Lipinski definition) is 2. The lowest BCUT2D eigenvalue weighted by atomic mass is 10.2. The molecule has 0 spiro atoms. The first-order chi connectivity index (χ1) is 6.63. The quantitative estimate of drug-likeness (QED) is 0.792. The number of nitrogens with one attached hydrogen (secondary N) is 1. The van der Waals surface area contributed by atoms with Crippen molar-refractivity contribution < 1.29 is 4.74 Å². The predicted octanol–water partition coefficient (Wildman–Crippen LogP) is 2.37. The third-order valence-corrected chi connectivity index (χ3v) is 2.47. The fourth-order valence-electron chi connectivity index (χ4n) is 1.24. The van der Waals surface area contributed by atoms with Crippen molar-refractivity contribution in [2.45, 2.75) is 32.9 Å². The molecule has 78 valence electrons. The van der Waals surface area contributed by atoms with Gasteiger partial charge in [0, 0.05) is 6.04 Å². The molecule has 0 radical (unpaired) electrons. The summed E-state index contributed by atoms with van der Waals surface area (Å²) < 4.78 is 5.79. The summed E-state index contributed by atoms with van der Waals surface area (Å²) in [6, 6.07) is 8.49. The minimum absolute atomic E-state index is 0.182. The van der Waals surface area contributed by atoms with Gasteiger partial charge in [0.05, 0.1) is 0 Å². The molecule has 1 N–H and O–H groups in total. The second-order valence-electron chi connectivity index (χ2n) is 3.72. The van der Waals surface area contributed by atoms with E-state index in [0.29, 0.717) is 6.04 Å². The lowest BCUT2D eigenvalue weighted by molar-refractivity contribution is 0.182. The second-order valence-corrected chi connectivity index (χ2v) is 3.72. The van der Waals surface area contributed by atoms with Crippen molar-refractivity contribution in [1.29, 1.82) is 0 Å². The average Bonchev–Trinajstić information content (AvgIpc) is 2.16. The van der Waals surface area contributed by atoms with Crippen LogP contribution in [0.5, 0.6) is 5.75 Å². The van der Waals surface area contributed by atoms with Crippen LogP contribution in [0, 0.1) is 6.92 Å². The Labute approximate surface area is 86.3 Å². The molecule has 2 heteroatoms. The Morgan fingerprint density at radius 1 is 1.29 bits per heavy atom. The maximum Gasteiger partial charge on any atom is 0.120 e. The molecule has 0 fully saturated rings. The van der Waals surface area contributed by atoms with E-state index in [1.54, 1.807) is 0 Å². The summed E-state index contributed by atoms with van der Waals surface area (Å²) in [5.41, 5.74) is 1.23. The Morgan fingerprint density at radius 2 is 2.00 bits per heavy atom. The topological polar surface area (TPSA) is 21.3 Å². The summed E-state index contributed by atoms with van der Waals surface area (Å²) in [5, 5.41) is 3.17. The summed E-state index contributed by atoms with van der Waals surface area (Å²) in [6.45, 7) is 6.25. The van der Waals surface area contributed by atoms with Gasteiger partial charge >= 0.3 is 0 Å². The summed E-state index contributed by atoms with van der Waals surface area (Å²) in [7, 11) is 1.95. The van der Waals surface area contributed by atoms with Crippen molar-refractivity contribution >= 4 is 0 Å². The first kappa shape index (κ1) is 11.1. The van der Waals surface area contributed by atoms with E-state index in [2.05, 4.69) is 38.2 Å². The van der Waals surface area contributed by atoms with Crippen LogP contribution in [0.15, 0.2) is 24.3 Å². The van der Waals surface area contributed by atoms with Crippen molar-refractivity contribution in [3.8, 4) is 5.75 Å². The van der Waals surface area contributed by atoms with E-state index in [1.807, 2.05) is 19.2 Å². The Morgan fingerprint density at radius 3 is 2.57 bits per heavy atom. The van der Waals surface area contributed by atoms with Gasteiger partial charge in [-0.2, -0.15) is 0 Å². The van der Waals surface area contributed by atoms with Gasteiger partial charge in [-0.15, -0.1) is 0 Å². The van der Waals surface area contributed by atoms with E-state index in [-0.39, 0.29) is 6.10 Å². The lowest BCUT2D eigenvalue weighted by Crippen LogP contribution is -2.36. The number of aryl methyl sites for hydroxylation is 1. The molecule has 14 heavy (non-hydrogen) atoms. The Balaban J connectivity index is 2.60. The fourth-order valence-corrected chi connectivity index (χ4v) is 1.24. The molecule has 0 heterocycles. The molecule has 0 amide bonds. The third-order valence-electron chi connectivity index (χ3n) is 2.47. The Bertz CT molecular complexity index is 285. The normalized spacial score (nSPS) is 14.9. The lowest BCUT2D eigenvalue weighted by Gasteiger charge is -2.21. The van der Waals surface area contributed by atoms with Crippen molar-refractivity contribution in [1.82, 2.24) is 5.32 Å². The van der Waals surface area contributed by atoms with Gasteiger partial charge in [-0.05, 0) is 45.5 Å². The van der Waals surface area contributed by atoms with E-state index in [1.165, 1.54) is 5.56 Å². The molecule has 2 unspecified atom stereocenters. The van der Waals surface area contributed by atoms with E-state index in [9.17, 15) is 0 Å². The summed E-state index contributed by atoms with van der Waals surface area (Å²) in [4.78, 5) is 0. The van der Waals surface area contributed by atoms with E-state index >= 15 is 0 Å². The summed E-state index contributed by atoms with van der Waals surface area (Å²) >= 11 is 0. The highest BCUT2D eigenvalue weighted by atomic mass is 16.5. The molecule has 2 nitrogen and oxygen atoms in total. The average molecular weight is 193 g/mol. The van der Waals surface area contributed by atoms with E-state index in [0.717, 1.165) is 5.75 Å². The molecule has 0 aromatic heterocycles. The zero-order valence-electron chi connectivity index (χ0n) is 9.37. The molecule has 2 atom stereocenters. The monoisotopic (exact) mass is 193 g/mol. The van der Waals surface area contributed by atoms with E-state index < -0.39 is 0 Å². The zero-order valence-corrected chi connectivity index (χ0v) is 9.37. The number of rotatable bonds is 4. The fraction of sp³-hybridized carbons (Fsp3) is 0.500. The molecule has 0 saturated carbocycles. The molecule has 1 aromatic rings. The SMILES string of the molecule is CNC(C)C(C)Oc1cccc(C)c1. The molecule has 0 aliphatic carbocycles. The number of likely N-dealkylation sites (N-methyl/N-ethyl adjacent to an activating group) is 1. The second kappa shape index (κ2) is 5.01. The molecule has 0 aliphatic heterocycles. The molecular weight excluding hydrogens is 174 g/mol. The predicted molar refractivity (Wildman–Crippen MR) is 59.8 cm³/mol. The zero-order chi connectivity index (χ0) is 10.6. The first-order valence-corrected chi connectivity index (χ1v) is 5.04. The summed E-state index contributed by atoms with van der Waals surface area (Å²) in [5.74, 6) is 0.944. The van der Waals surface area contributed by atoms with Crippen LogP contribution in [0.3, 0.4) is 0 Å². The number of ether oxygens (including phenoxy) is 1. The van der Waals surface area contributed by atoms with Gasteiger partial charge in [0.25, 0.3) is 0 Å². The Kier molecular flexibility index (Phi) is 3.96. The van der Waals surface area contributed by atoms with E-state index in [4.69, 9.17) is 4.74 Å². The molecular formula is C12H19NO. The molecule has 1 aromatic carbocycles. The van der Waals surface area contributed by atoms with Crippen molar-refractivity contribution in [3.05, 3.63) is 29.8 Å². The van der Waals surface area contributed by atoms with Crippen LogP contribution in [-0.4, -0.2) is 19.2 Å². The van der Waals surface area contributed by atoms with Gasteiger partial charge in [-0.1, -0.05) is 12.1 Å². The number of benzene rings is 1. The van der Waals surface area contributed by atoms with Crippen molar-refractivity contribution in [2.75, 3.05) is 7.05 Å². The highest BCUT2D eigenvalue weighted by Crippen LogP contribution is 2.15. The van der Waals surface area contributed by atoms with Gasteiger partial charge in [-0.3, -0.25) is 0 Å². The standard InChI is InChI=1S/C12H19NO/c1-9-6-5-7-12(8-9)14-11(3)10(2)13-4/h5-8,10-11,13H,1-4H3. The highest BCUT2D eigenvalue weighted by Gasteiger charge is 2.10. The van der Waals surface area contributed by atoms with Gasteiger partial charge in [0.15, 0.2) is 0 Å². The van der Waals surface area contributed by atoms with Gasteiger partial charge in [0.1, 0.15) is 11.9 Å². The maximum absolute atomic E-state index is 5.79. The van der Waals surface area contributed by atoms with Gasteiger partial charge in [-0.25, -0.2) is 0 Å². The molecule has 0 bridgehead atoms. The highest BCUT2D eigenvalue weighted by molar-refractivity contribution is 5.27. The molecule has 1 rings (SSSR count). The molecule has 0 saturated heterocycles. The Hall–Kier alpha value is -1.02. The van der Waals surface area contributed by atoms with Crippen LogP contribution in [0.2, 0.25) is 0 Å². The van der Waals surface area contributed by atoms with Crippen molar-refractivity contribution in [2.24, 2.45) is 0 Å². The van der Waals surface area contributed by atoms with Gasteiger partial charge < -0.3 is 10.1 Å².